The predicted molar refractivity (Wildman–Crippen MR) is 179 cm³/mol. The van der Waals surface area contributed by atoms with Crippen LogP contribution in [0.15, 0.2) is 66.7 Å². The molecule has 0 aliphatic heterocycles. The summed E-state index contributed by atoms with van der Waals surface area (Å²) >= 11 is 0. The number of rotatable bonds is 17. The molecule has 0 aromatic heterocycles. The third kappa shape index (κ3) is 13.6. The first-order valence-corrected chi connectivity index (χ1v) is 16.7. The van der Waals surface area contributed by atoms with Crippen molar-refractivity contribution in [3.8, 4) is 23.7 Å². The third-order valence-corrected chi connectivity index (χ3v) is 7.96. The molecule has 0 amide bonds. The quantitative estimate of drug-likeness (QED) is 0.113. The van der Waals surface area contributed by atoms with Crippen LogP contribution in [0.1, 0.15) is 144 Å². The van der Waals surface area contributed by atoms with Gasteiger partial charge in [-0.3, -0.25) is 0 Å². The van der Waals surface area contributed by atoms with Crippen LogP contribution >= 0.6 is 0 Å². The molecule has 0 aliphatic carbocycles. The van der Waals surface area contributed by atoms with Crippen molar-refractivity contribution in [1.82, 2.24) is 0 Å². The average Bonchev–Trinajstić information content (AvgIpc) is 3.01. The maximum Gasteiger partial charge on any atom is 0.140 e. The van der Waals surface area contributed by atoms with Crippen molar-refractivity contribution in [3.63, 3.8) is 0 Å². The zero-order valence-electron chi connectivity index (χ0n) is 26.2. The number of aryl methyl sites for hydroxylation is 2. The molecule has 222 valence electrons. The van der Waals surface area contributed by atoms with E-state index in [0.29, 0.717) is 11.1 Å². The molecule has 3 aromatic carbocycles. The molecule has 0 radical (unpaired) electrons. The first kappa shape index (κ1) is 33.2. The molecule has 0 bridgehead atoms. The van der Waals surface area contributed by atoms with E-state index in [-0.39, 0.29) is 5.82 Å². The average molecular weight is 563 g/mol. The molecule has 3 rings (SSSR count). The molecular formula is C41H51F. The highest BCUT2D eigenvalue weighted by Crippen LogP contribution is 2.14. The van der Waals surface area contributed by atoms with Crippen molar-refractivity contribution in [3.05, 3.63) is 106 Å². The second kappa shape index (κ2) is 20.6. The van der Waals surface area contributed by atoms with Gasteiger partial charge in [0.05, 0.1) is 5.56 Å². The lowest BCUT2D eigenvalue weighted by Gasteiger charge is -2.03. The highest BCUT2D eigenvalue weighted by Gasteiger charge is 2.01. The lowest BCUT2D eigenvalue weighted by atomic mass is 10.0. The highest BCUT2D eigenvalue weighted by molar-refractivity contribution is 5.49. The van der Waals surface area contributed by atoms with E-state index in [1.807, 2.05) is 18.2 Å². The van der Waals surface area contributed by atoms with Gasteiger partial charge in [0.2, 0.25) is 0 Å². The molecule has 42 heavy (non-hydrogen) atoms. The molecule has 0 atom stereocenters. The van der Waals surface area contributed by atoms with Gasteiger partial charge in [-0.05, 0) is 79.3 Å². The van der Waals surface area contributed by atoms with Crippen LogP contribution in [0.4, 0.5) is 4.39 Å². The molecule has 1 heteroatoms. The number of unbranched alkanes of at least 4 members (excludes halogenated alkanes) is 13. The summed E-state index contributed by atoms with van der Waals surface area (Å²) in [6, 6.07) is 21.9. The summed E-state index contributed by atoms with van der Waals surface area (Å²) in [6.45, 7) is 4.53. The van der Waals surface area contributed by atoms with E-state index in [0.717, 1.165) is 24.0 Å². The van der Waals surface area contributed by atoms with Crippen LogP contribution in [-0.2, 0) is 12.8 Å². The molecule has 0 N–H and O–H groups in total. The predicted octanol–water partition coefficient (Wildman–Crippen LogP) is 11.6. The summed E-state index contributed by atoms with van der Waals surface area (Å²) in [6.07, 6.45) is 22.2. The van der Waals surface area contributed by atoms with E-state index in [2.05, 4.69) is 73.9 Å². The maximum atomic E-state index is 14.7. The van der Waals surface area contributed by atoms with E-state index in [4.69, 9.17) is 0 Å². The summed E-state index contributed by atoms with van der Waals surface area (Å²) < 4.78 is 14.7. The van der Waals surface area contributed by atoms with Gasteiger partial charge in [0.25, 0.3) is 0 Å². The Hall–Kier alpha value is -3.29. The number of hydrogen-bond donors (Lipinski definition) is 0. The van der Waals surface area contributed by atoms with E-state index in [1.54, 1.807) is 6.07 Å². The fourth-order valence-electron chi connectivity index (χ4n) is 5.24. The Morgan fingerprint density at radius 3 is 1.26 bits per heavy atom. The van der Waals surface area contributed by atoms with Crippen molar-refractivity contribution >= 4 is 0 Å². The van der Waals surface area contributed by atoms with Gasteiger partial charge < -0.3 is 0 Å². The molecule has 3 aromatic rings. The Morgan fingerprint density at radius 1 is 0.429 bits per heavy atom. The summed E-state index contributed by atoms with van der Waals surface area (Å²) in [4.78, 5) is 0. The van der Waals surface area contributed by atoms with Crippen molar-refractivity contribution in [2.75, 3.05) is 0 Å². The van der Waals surface area contributed by atoms with E-state index < -0.39 is 0 Å². The van der Waals surface area contributed by atoms with Crippen LogP contribution in [-0.4, -0.2) is 0 Å². The Bertz CT molecular complexity index is 1280. The van der Waals surface area contributed by atoms with Gasteiger partial charge in [-0.2, -0.15) is 0 Å². The molecule has 0 fully saturated rings. The lowest BCUT2D eigenvalue weighted by Crippen LogP contribution is -1.88. The molecule has 0 saturated carbocycles. The first-order valence-electron chi connectivity index (χ1n) is 16.7. The Labute approximate surface area is 256 Å². The Morgan fingerprint density at radius 2 is 0.810 bits per heavy atom. The molecule has 0 saturated heterocycles. The van der Waals surface area contributed by atoms with Crippen LogP contribution in [0.2, 0.25) is 0 Å². The maximum absolute atomic E-state index is 14.7. The minimum atomic E-state index is -0.328. The number of benzene rings is 3. The van der Waals surface area contributed by atoms with E-state index >= 15 is 0 Å². The van der Waals surface area contributed by atoms with Gasteiger partial charge in [-0.1, -0.05) is 145 Å². The smallest absolute Gasteiger partial charge is 0.140 e. The topological polar surface area (TPSA) is 0 Å². The van der Waals surface area contributed by atoms with Crippen molar-refractivity contribution < 1.29 is 4.39 Å². The monoisotopic (exact) mass is 562 g/mol. The highest BCUT2D eigenvalue weighted by atomic mass is 19.1. The summed E-state index contributed by atoms with van der Waals surface area (Å²) in [7, 11) is 0. The summed E-state index contributed by atoms with van der Waals surface area (Å²) in [5, 5.41) is 0. The second-order valence-corrected chi connectivity index (χ2v) is 11.7. The normalized spacial score (nSPS) is 10.5. The second-order valence-electron chi connectivity index (χ2n) is 11.7. The van der Waals surface area contributed by atoms with Crippen LogP contribution < -0.4 is 0 Å². The van der Waals surface area contributed by atoms with Gasteiger partial charge in [-0.15, -0.1) is 0 Å². The zero-order valence-corrected chi connectivity index (χ0v) is 26.2. The minimum Gasteiger partial charge on any atom is -0.206 e. The molecule has 0 unspecified atom stereocenters. The fraction of sp³-hybridized carbons (Fsp3) is 0.463. The Balaban J connectivity index is 1.42. The van der Waals surface area contributed by atoms with Crippen LogP contribution in [0.3, 0.4) is 0 Å². The van der Waals surface area contributed by atoms with Crippen LogP contribution in [0.25, 0.3) is 0 Å². The van der Waals surface area contributed by atoms with Crippen LogP contribution in [0, 0.1) is 29.5 Å². The van der Waals surface area contributed by atoms with E-state index in [1.165, 1.54) is 114 Å². The lowest BCUT2D eigenvalue weighted by molar-refractivity contribution is 0.575. The summed E-state index contributed by atoms with van der Waals surface area (Å²) in [5.41, 5.74) is 5.64. The van der Waals surface area contributed by atoms with Crippen molar-refractivity contribution in [2.45, 2.75) is 123 Å². The van der Waals surface area contributed by atoms with Crippen molar-refractivity contribution in [2.24, 2.45) is 0 Å². The number of halogens is 1. The SMILES string of the molecule is CCCCCCCCCCc1ccc(C#Cc2ccc(C#Cc3ccc(CCCCCCCCC)cc3)c(F)c2)cc1. The third-order valence-electron chi connectivity index (χ3n) is 7.96. The van der Waals surface area contributed by atoms with Gasteiger partial charge in [0.1, 0.15) is 5.82 Å². The number of hydrogen-bond acceptors (Lipinski definition) is 0. The van der Waals surface area contributed by atoms with Gasteiger partial charge in [0, 0.05) is 16.7 Å². The van der Waals surface area contributed by atoms with Crippen molar-refractivity contribution in [1.29, 1.82) is 0 Å². The molecule has 0 spiro atoms. The minimum absolute atomic E-state index is 0.328. The standard InChI is InChI=1S/C41H51F/c1-3-5-7-9-11-13-15-17-19-35-20-24-37(25-21-35)28-29-39-31-33-40(41(42)34-39)32-30-38-26-22-36(23-27-38)18-16-14-12-10-8-6-4-2/h20-27,31,33-34H,3-19H2,1-2H3. The zero-order chi connectivity index (χ0) is 29.7. The van der Waals surface area contributed by atoms with Gasteiger partial charge in [-0.25, -0.2) is 4.39 Å². The molecule has 0 aliphatic rings. The van der Waals surface area contributed by atoms with E-state index in [9.17, 15) is 4.39 Å². The molecule has 0 nitrogen and oxygen atoms in total. The largest absolute Gasteiger partial charge is 0.206 e. The fourth-order valence-corrected chi connectivity index (χ4v) is 5.24. The van der Waals surface area contributed by atoms with Crippen LogP contribution in [0.5, 0.6) is 0 Å². The van der Waals surface area contributed by atoms with Gasteiger partial charge >= 0.3 is 0 Å². The molecular weight excluding hydrogens is 511 g/mol. The molecule has 0 heterocycles. The van der Waals surface area contributed by atoms with Gasteiger partial charge in [0.15, 0.2) is 0 Å². The Kier molecular flexibility index (Phi) is 16.3. The first-order chi connectivity index (χ1) is 20.7. The summed E-state index contributed by atoms with van der Waals surface area (Å²) in [5.74, 6) is 12.1.